The number of hydrogen-bond donors (Lipinski definition) is 2. The standard InChI is InChI=1S/C48H98NO7P/c1-3-5-7-9-11-13-15-17-19-20-21-22-23-24-25-26-28-30-32-34-36-38-40-43-53-45-47(46-55-57(51,52)54-44-42-49)56-48(50)41-39-37-35-33-31-29-27-18-16-14-12-10-8-6-4-2/h47H,3-46,49H2,1-2H3,(H,51,52). The van der Waals surface area contributed by atoms with E-state index in [1.807, 2.05) is 0 Å². The highest BCUT2D eigenvalue weighted by atomic mass is 31.2. The van der Waals surface area contributed by atoms with Crippen LogP contribution in [0.25, 0.3) is 0 Å². The normalized spacial score (nSPS) is 13.3. The molecule has 57 heavy (non-hydrogen) atoms. The summed E-state index contributed by atoms with van der Waals surface area (Å²) in [7, 11) is -4.27. The lowest BCUT2D eigenvalue weighted by molar-refractivity contribution is -0.154. The maximum Gasteiger partial charge on any atom is 0.472 e. The van der Waals surface area contributed by atoms with Gasteiger partial charge in [-0.15, -0.1) is 0 Å². The number of nitrogens with two attached hydrogens (primary N) is 1. The zero-order valence-electron chi connectivity index (χ0n) is 38.1. The number of hydrogen-bond acceptors (Lipinski definition) is 7. The first-order valence-corrected chi connectivity index (χ1v) is 26.5. The van der Waals surface area contributed by atoms with Crippen LogP contribution in [0.1, 0.15) is 264 Å². The van der Waals surface area contributed by atoms with Crippen molar-refractivity contribution in [2.75, 3.05) is 33.0 Å². The molecule has 0 radical (unpaired) electrons. The van der Waals surface area contributed by atoms with Gasteiger partial charge in [-0.25, -0.2) is 4.57 Å². The van der Waals surface area contributed by atoms with Crippen LogP contribution in [0.3, 0.4) is 0 Å². The second-order valence-electron chi connectivity index (χ2n) is 17.1. The Bertz CT molecular complexity index is 848. The average Bonchev–Trinajstić information content (AvgIpc) is 3.20. The smallest absolute Gasteiger partial charge is 0.457 e. The number of carbonyl (C=O) groups is 1. The van der Waals surface area contributed by atoms with Gasteiger partial charge in [0.25, 0.3) is 0 Å². The van der Waals surface area contributed by atoms with Crippen molar-refractivity contribution >= 4 is 13.8 Å². The minimum Gasteiger partial charge on any atom is -0.457 e. The van der Waals surface area contributed by atoms with E-state index in [0.29, 0.717) is 13.0 Å². The van der Waals surface area contributed by atoms with E-state index in [1.165, 1.54) is 212 Å². The summed E-state index contributed by atoms with van der Waals surface area (Å²) in [6, 6.07) is 0. The molecule has 0 spiro atoms. The Hall–Kier alpha value is -0.500. The third-order valence-corrected chi connectivity index (χ3v) is 12.3. The number of phosphoric ester groups is 1. The van der Waals surface area contributed by atoms with E-state index in [-0.39, 0.29) is 32.3 Å². The Morgan fingerprint density at radius 1 is 0.456 bits per heavy atom. The fourth-order valence-electron chi connectivity index (χ4n) is 7.59. The van der Waals surface area contributed by atoms with Crippen molar-refractivity contribution in [3.05, 3.63) is 0 Å². The van der Waals surface area contributed by atoms with Crippen LogP contribution in [0.15, 0.2) is 0 Å². The molecule has 2 unspecified atom stereocenters. The molecule has 0 saturated heterocycles. The SMILES string of the molecule is CCCCCCCCCCCCCCCCCCCCCCCCCOCC(COP(=O)(O)OCCN)OC(=O)CCCCCCCCCCCCCCCCC. The van der Waals surface area contributed by atoms with E-state index in [2.05, 4.69) is 13.8 Å². The van der Waals surface area contributed by atoms with Crippen molar-refractivity contribution < 1.29 is 32.8 Å². The summed E-state index contributed by atoms with van der Waals surface area (Å²) < 4.78 is 33.6. The summed E-state index contributed by atoms with van der Waals surface area (Å²) in [5.41, 5.74) is 5.38. The van der Waals surface area contributed by atoms with Crippen LogP contribution in [0.2, 0.25) is 0 Å². The Morgan fingerprint density at radius 2 is 0.772 bits per heavy atom. The van der Waals surface area contributed by atoms with E-state index in [1.54, 1.807) is 0 Å². The molecule has 2 atom stereocenters. The first-order valence-electron chi connectivity index (χ1n) is 25.0. The van der Waals surface area contributed by atoms with Crippen LogP contribution in [0, 0.1) is 0 Å². The molecule has 0 bridgehead atoms. The van der Waals surface area contributed by atoms with E-state index in [4.69, 9.17) is 24.3 Å². The lowest BCUT2D eigenvalue weighted by Crippen LogP contribution is -2.28. The Morgan fingerprint density at radius 3 is 1.11 bits per heavy atom. The zero-order valence-corrected chi connectivity index (χ0v) is 39.0. The number of rotatable bonds is 49. The van der Waals surface area contributed by atoms with E-state index < -0.39 is 13.9 Å². The number of esters is 1. The van der Waals surface area contributed by atoms with Gasteiger partial charge in [0, 0.05) is 19.6 Å². The van der Waals surface area contributed by atoms with Gasteiger partial charge in [0.05, 0.1) is 19.8 Å². The molecule has 0 aromatic rings. The van der Waals surface area contributed by atoms with Crippen LogP contribution in [0.5, 0.6) is 0 Å². The molecule has 342 valence electrons. The molecule has 0 aliphatic carbocycles. The van der Waals surface area contributed by atoms with Crippen LogP contribution in [-0.4, -0.2) is 49.9 Å². The minimum absolute atomic E-state index is 0.0898. The van der Waals surface area contributed by atoms with Crippen LogP contribution < -0.4 is 5.73 Å². The molecule has 0 aliphatic rings. The van der Waals surface area contributed by atoms with Gasteiger partial charge in [0.15, 0.2) is 0 Å². The van der Waals surface area contributed by atoms with Crippen molar-refractivity contribution in [1.82, 2.24) is 0 Å². The molecule has 0 fully saturated rings. The van der Waals surface area contributed by atoms with Gasteiger partial charge in [-0.2, -0.15) is 0 Å². The molecule has 0 aliphatic heterocycles. The second kappa shape index (κ2) is 46.6. The largest absolute Gasteiger partial charge is 0.472 e. The van der Waals surface area contributed by atoms with Crippen molar-refractivity contribution in [1.29, 1.82) is 0 Å². The van der Waals surface area contributed by atoms with Gasteiger partial charge in [-0.1, -0.05) is 245 Å². The molecule has 0 aromatic carbocycles. The summed E-state index contributed by atoms with van der Waals surface area (Å²) in [5.74, 6) is -0.322. The molecular formula is C48H98NO7P. The van der Waals surface area contributed by atoms with Gasteiger partial charge in [-0.3, -0.25) is 13.8 Å². The van der Waals surface area contributed by atoms with Crippen molar-refractivity contribution in [2.24, 2.45) is 5.73 Å². The monoisotopic (exact) mass is 832 g/mol. The molecule has 0 saturated carbocycles. The number of carbonyl (C=O) groups excluding carboxylic acids is 1. The van der Waals surface area contributed by atoms with Gasteiger partial charge in [0.2, 0.25) is 0 Å². The molecule has 3 N–H and O–H groups in total. The Balaban J connectivity index is 3.86. The Labute approximate surface area is 354 Å². The highest BCUT2D eigenvalue weighted by Crippen LogP contribution is 2.43. The zero-order chi connectivity index (χ0) is 41.6. The van der Waals surface area contributed by atoms with Crippen LogP contribution in [0.4, 0.5) is 0 Å². The number of unbranched alkanes of at least 4 members (excludes halogenated alkanes) is 36. The van der Waals surface area contributed by atoms with Crippen molar-refractivity contribution in [3.8, 4) is 0 Å². The topological polar surface area (TPSA) is 117 Å². The summed E-state index contributed by atoms with van der Waals surface area (Å²) >= 11 is 0. The van der Waals surface area contributed by atoms with Gasteiger partial charge in [-0.05, 0) is 12.8 Å². The molecular weight excluding hydrogens is 734 g/mol. The van der Waals surface area contributed by atoms with Crippen molar-refractivity contribution in [3.63, 3.8) is 0 Å². The first kappa shape index (κ1) is 56.5. The predicted molar refractivity (Wildman–Crippen MR) is 243 cm³/mol. The highest BCUT2D eigenvalue weighted by molar-refractivity contribution is 7.47. The maximum absolute atomic E-state index is 12.6. The van der Waals surface area contributed by atoms with Gasteiger partial charge in [0.1, 0.15) is 6.10 Å². The molecule has 8 nitrogen and oxygen atoms in total. The van der Waals surface area contributed by atoms with Crippen molar-refractivity contribution in [2.45, 2.75) is 270 Å². The third-order valence-electron chi connectivity index (χ3n) is 11.3. The number of ether oxygens (including phenoxy) is 2. The predicted octanol–water partition coefficient (Wildman–Crippen LogP) is 15.3. The molecule has 0 rings (SSSR count). The quantitative estimate of drug-likeness (QED) is 0.0354. The molecule has 0 amide bonds. The average molecular weight is 832 g/mol. The first-order chi connectivity index (χ1) is 27.9. The van der Waals surface area contributed by atoms with E-state index in [0.717, 1.165) is 32.1 Å². The minimum atomic E-state index is -4.27. The fraction of sp³-hybridized carbons (Fsp3) is 0.979. The molecule has 9 heteroatoms. The third kappa shape index (κ3) is 46.4. The molecule has 0 aromatic heterocycles. The van der Waals surface area contributed by atoms with Gasteiger partial charge < -0.3 is 20.1 Å². The summed E-state index contributed by atoms with van der Waals surface area (Å²) in [6.07, 6.45) is 49.9. The van der Waals surface area contributed by atoms with Crippen LogP contribution in [-0.2, 0) is 27.9 Å². The maximum atomic E-state index is 12.6. The summed E-state index contributed by atoms with van der Waals surface area (Å²) in [4.78, 5) is 22.5. The summed E-state index contributed by atoms with van der Waals surface area (Å²) in [5, 5.41) is 0. The highest BCUT2D eigenvalue weighted by Gasteiger charge is 2.25. The van der Waals surface area contributed by atoms with E-state index >= 15 is 0 Å². The van der Waals surface area contributed by atoms with E-state index in [9.17, 15) is 14.3 Å². The lowest BCUT2D eigenvalue weighted by Gasteiger charge is -2.20. The van der Waals surface area contributed by atoms with Crippen LogP contribution >= 0.6 is 7.82 Å². The Kier molecular flexibility index (Phi) is 46.2. The molecule has 0 heterocycles. The number of phosphoric acid groups is 1. The summed E-state index contributed by atoms with van der Waals surface area (Å²) in [6.45, 7) is 5.00. The second-order valence-corrected chi connectivity index (χ2v) is 18.5. The lowest BCUT2D eigenvalue weighted by atomic mass is 10.0. The fourth-order valence-corrected chi connectivity index (χ4v) is 8.35. The van der Waals surface area contributed by atoms with Gasteiger partial charge >= 0.3 is 13.8 Å².